The van der Waals surface area contributed by atoms with Crippen molar-refractivity contribution in [3.05, 3.63) is 52.0 Å². The number of pyridine rings is 1. The molecule has 0 atom stereocenters. The average molecular weight is 261 g/mol. The van der Waals surface area contributed by atoms with Crippen LogP contribution in [0.2, 0.25) is 0 Å². The molecule has 0 amide bonds. The molecule has 0 saturated heterocycles. The van der Waals surface area contributed by atoms with E-state index < -0.39 is 0 Å². The van der Waals surface area contributed by atoms with E-state index in [1.54, 1.807) is 0 Å². The van der Waals surface area contributed by atoms with Crippen LogP contribution in [0, 0.1) is 0 Å². The van der Waals surface area contributed by atoms with Crippen molar-refractivity contribution >= 4 is 11.3 Å². The van der Waals surface area contributed by atoms with Gasteiger partial charge in [0.15, 0.2) is 0 Å². The minimum atomic E-state index is 0.557. The van der Waals surface area contributed by atoms with Crippen LogP contribution in [0.15, 0.2) is 35.8 Å². The van der Waals surface area contributed by atoms with Gasteiger partial charge >= 0.3 is 0 Å². The van der Waals surface area contributed by atoms with Gasteiger partial charge in [0.05, 0.1) is 5.69 Å². The van der Waals surface area contributed by atoms with Crippen molar-refractivity contribution in [2.24, 2.45) is 5.73 Å². The summed E-state index contributed by atoms with van der Waals surface area (Å²) < 4.78 is 0. The van der Waals surface area contributed by atoms with Gasteiger partial charge in [-0.15, -0.1) is 11.3 Å². The second kappa shape index (κ2) is 6.64. The summed E-state index contributed by atoms with van der Waals surface area (Å²) in [5, 5.41) is 2.13. The standard InChI is InChI=1S/C14H19N3S/c1-17(7-6-14-3-2-8-18-14)11-13-5-4-12(9-15)10-16-13/h2-5,8,10H,6-7,9,11,15H2,1H3. The maximum Gasteiger partial charge on any atom is 0.0544 e. The van der Waals surface area contributed by atoms with E-state index in [0.29, 0.717) is 6.54 Å². The molecule has 0 spiro atoms. The third-order valence-corrected chi connectivity index (χ3v) is 3.81. The molecule has 0 aliphatic heterocycles. The van der Waals surface area contributed by atoms with Crippen molar-refractivity contribution in [1.29, 1.82) is 0 Å². The van der Waals surface area contributed by atoms with Gasteiger partial charge in [0.2, 0.25) is 0 Å². The van der Waals surface area contributed by atoms with Crippen molar-refractivity contribution in [2.75, 3.05) is 13.6 Å². The quantitative estimate of drug-likeness (QED) is 0.867. The summed E-state index contributed by atoms with van der Waals surface area (Å²) in [6.45, 7) is 2.50. The molecule has 2 N–H and O–H groups in total. The van der Waals surface area contributed by atoms with E-state index in [9.17, 15) is 0 Å². The molecule has 0 aliphatic carbocycles. The molecule has 96 valence electrons. The Hall–Kier alpha value is -1.23. The first-order valence-corrected chi connectivity index (χ1v) is 7.00. The largest absolute Gasteiger partial charge is 0.326 e. The Morgan fingerprint density at radius 1 is 1.33 bits per heavy atom. The summed E-state index contributed by atoms with van der Waals surface area (Å²) in [6.07, 6.45) is 2.97. The third kappa shape index (κ3) is 3.91. The van der Waals surface area contributed by atoms with Gasteiger partial charge in [0.25, 0.3) is 0 Å². The predicted molar refractivity (Wildman–Crippen MR) is 76.5 cm³/mol. The number of hydrogen-bond donors (Lipinski definition) is 1. The number of aromatic nitrogens is 1. The van der Waals surface area contributed by atoms with E-state index in [1.165, 1.54) is 4.88 Å². The fourth-order valence-corrected chi connectivity index (χ4v) is 2.48. The second-order valence-electron chi connectivity index (χ2n) is 4.43. The Kier molecular flexibility index (Phi) is 4.87. The second-order valence-corrected chi connectivity index (χ2v) is 5.46. The normalized spacial score (nSPS) is 11.1. The highest BCUT2D eigenvalue weighted by Gasteiger charge is 2.02. The molecule has 0 aromatic carbocycles. The summed E-state index contributed by atoms with van der Waals surface area (Å²) >= 11 is 1.82. The minimum Gasteiger partial charge on any atom is -0.326 e. The first-order valence-electron chi connectivity index (χ1n) is 6.12. The van der Waals surface area contributed by atoms with E-state index in [-0.39, 0.29) is 0 Å². The predicted octanol–water partition coefficient (Wildman–Crippen LogP) is 2.28. The monoisotopic (exact) mass is 261 g/mol. The fourth-order valence-electron chi connectivity index (χ4n) is 1.78. The van der Waals surface area contributed by atoms with Crippen molar-refractivity contribution in [3.63, 3.8) is 0 Å². The lowest BCUT2D eigenvalue weighted by Gasteiger charge is -2.15. The zero-order chi connectivity index (χ0) is 12.8. The molecule has 0 saturated carbocycles. The van der Waals surface area contributed by atoms with Gasteiger partial charge in [-0.05, 0) is 36.5 Å². The molecule has 0 bridgehead atoms. The number of thiophene rings is 1. The van der Waals surface area contributed by atoms with E-state index in [4.69, 9.17) is 5.73 Å². The summed E-state index contributed by atoms with van der Waals surface area (Å²) in [4.78, 5) is 8.15. The smallest absolute Gasteiger partial charge is 0.0544 e. The van der Waals surface area contributed by atoms with Crippen molar-refractivity contribution in [1.82, 2.24) is 9.88 Å². The average Bonchev–Trinajstić information content (AvgIpc) is 2.90. The van der Waals surface area contributed by atoms with Gasteiger partial charge in [-0.25, -0.2) is 0 Å². The molecule has 2 rings (SSSR count). The van der Waals surface area contributed by atoms with Crippen LogP contribution in [0.1, 0.15) is 16.1 Å². The molecule has 0 aliphatic rings. The lowest BCUT2D eigenvalue weighted by atomic mass is 10.2. The minimum absolute atomic E-state index is 0.557. The molecule has 0 fully saturated rings. The van der Waals surface area contributed by atoms with Crippen LogP contribution >= 0.6 is 11.3 Å². The summed E-state index contributed by atoms with van der Waals surface area (Å²) in [5.41, 5.74) is 7.74. The highest BCUT2D eigenvalue weighted by Crippen LogP contribution is 2.10. The number of nitrogens with zero attached hydrogens (tertiary/aromatic N) is 2. The van der Waals surface area contributed by atoms with Crippen LogP contribution in [0.3, 0.4) is 0 Å². The van der Waals surface area contributed by atoms with Gasteiger partial charge < -0.3 is 10.6 Å². The summed E-state index contributed by atoms with van der Waals surface area (Å²) in [7, 11) is 2.13. The molecule has 4 heteroatoms. The van der Waals surface area contributed by atoms with Crippen molar-refractivity contribution < 1.29 is 0 Å². The molecule has 2 heterocycles. The highest BCUT2D eigenvalue weighted by molar-refractivity contribution is 7.09. The van der Waals surface area contributed by atoms with Gasteiger partial charge in [0.1, 0.15) is 0 Å². The Bertz CT molecular complexity index is 450. The van der Waals surface area contributed by atoms with E-state index in [1.807, 2.05) is 17.5 Å². The number of rotatable bonds is 6. The van der Waals surface area contributed by atoms with Crippen molar-refractivity contribution in [2.45, 2.75) is 19.5 Å². The number of likely N-dealkylation sites (N-methyl/N-ethyl adjacent to an activating group) is 1. The Morgan fingerprint density at radius 3 is 2.83 bits per heavy atom. The first kappa shape index (κ1) is 13.2. The van der Waals surface area contributed by atoms with Crippen LogP contribution in [-0.2, 0) is 19.5 Å². The summed E-state index contributed by atoms with van der Waals surface area (Å²) in [5.74, 6) is 0. The highest BCUT2D eigenvalue weighted by atomic mass is 32.1. The van der Waals surface area contributed by atoms with E-state index in [0.717, 1.165) is 30.8 Å². The Balaban J connectivity index is 1.80. The van der Waals surface area contributed by atoms with E-state index in [2.05, 4.69) is 46.6 Å². The molecular formula is C14H19N3S. The fraction of sp³-hybridized carbons (Fsp3) is 0.357. The lowest BCUT2D eigenvalue weighted by Crippen LogP contribution is -2.21. The van der Waals surface area contributed by atoms with Gasteiger partial charge in [-0.2, -0.15) is 0 Å². The van der Waals surface area contributed by atoms with Crippen LogP contribution < -0.4 is 5.73 Å². The topological polar surface area (TPSA) is 42.1 Å². The third-order valence-electron chi connectivity index (χ3n) is 2.87. The maximum atomic E-state index is 5.55. The van der Waals surface area contributed by atoms with Crippen LogP contribution in [0.4, 0.5) is 0 Å². The van der Waals surface area contributed by atoms with Crippen LogP contribution in [0.25, 0.3) is 0 Å². The SMILES string of the molecule is CN(CCc1cccs1)Cc1ccc(CN)cn1. The van der Waals surface area contributed by atoms with Crippen molar-refractivity contribution in [3.8, 4) is 0 Å². The molecule has 0 radical (unpaired) electrons. The molecule has 0 unspecified atom stereocenters. The van der Waals surface area contributed by atoms with Gasteiger partial charge in [-0.1, -0.05) is 12.1 Å². The Morgan fingerprint density at radius 2 is 2.22 bits per heavy atom. The van der Waals surface area contributed by atoms with Gasteiger partial charge in [0, 0.05) is 30.7 Å². The first-order chi connectivity index (χ1) is 8.78. The van der Waals surface area contributed by atoms with Crippen LogP contribution in [-0.4, -0.2) is 23.5 Å². The molecular weight excluding hydrogens is 242 g/mol. The van der Waals surface area contributed by atoms with Gasteiger partial charge in [-0.3, -0.25) is 4.98 Å². The van der Waals surface area contributed by atoms with E-state index >= 15 is 0 Å². The number of nitrogens with two attached hydrogens (primary N) is 1. The molecule has 2 aromatic heterocycles. The molecule has 2 aromatic rings. The lowest BCUT2D eigenvalue weighted by molar-refractivity contribution is 0.328. The zero-order valence-electron chi connectivity index (χ0n) is 10.7. The van der Waals surface area contributed by atoms with Crippen LogP contribution in [0.5, 0.6) is 0 Å². The molecule has 18 heavy (non-hydrogen) atoms. The number of hydrogen-bond acceptors (Lipinski definition) is 4. The Labute approximate surface area is 112 Å². The maximum absolute atomic E-state index is 5.55. The molecule has 3 nitrogen and oxygen atoms in total. The summed E-state index contributed by atoms with van der Waals surface area (Å²) in [6, 6.07) is 8.40. The zero-order valence-corrected chi connectivity index (χ0v) is 11.5.